The van der Waals surface area contributed by atoms with Crippen molar-refractivity contribution in [2.24, 2.45) is 0 Å². The Morgan fingerprint density at radius 1 is 1.07 bits per heavy atom. The molecule has 0 bridgehead atoms. The highest BCUT2D eigenvalue weighted by atomic mass is 32.1. The summed E-state index contributed by atoms with van der Waals surface area (Å²) >= 11 is 2.95. The van der Waals surface area contributed by atoms with E-state index < -0.39 is 0 Å². The van der Waals surface area contributed by atoms with E-state index in [1.807, 2.05) is 5.38 Å². The van der Waals surface area contributed by atoms with Gasteiger partial charge in [-0.3, -0.25) is 4.98 Å². The Labute approximate surface area is 93.4 Å². The summed E-state index contributed by atoms with van der Waals surface area (Å²) < 4.78 is 3.65. The largest absolute Gasteiger partial charge is 0.253 e. The van der Waals surface area contributed by atoms with Crippen LogP contribution in [0.15, 0.2) is 35.3 Å². The number of aromatic nitrogens is 7. The second-order valence-electron chi connectivity index (χ2n) is 1.82. The van der Waals surface area contributed by atoms with Crippen LogP contribution in [0.1, 0.15) is 0 Å². The van der Waals surface area contributed by atoms with Crippen LogP contribution in [0.2, 0.25) is 0 Å². The summed E-state index contributed by atoms with van der Waals surface area (Å²) in [5, 5.41) is 14.1. The van der Waals surface area contributed by atoms with Crippen LogP contribution in [0.3, 0.4) is 0 Å². The van der Waals surface area contributed by atoms with Gasteiger partial charge in [0.25, 0.3) is 0 Å². The highest BCUT2D eigenvalue weighted by Crippen LogP contribution is 1.85. The summed E-state index contributed by atoms with van der Waals surface area (Å²) in [6.07, 6.45) is 4.62. The van der Waals surface area contributed by atoms with E-state index in [1.54, 1.807) is 28.6 Å². The standard InChI is InChI=1S/C3H3NS.C2H2N2S.CH2N4/c1-2-5-3-4-1;1-3-2-5-4-1;1-2-4-5-3-1/h1-3H;1-2H;1H,(H,2,3,4,5). The number of nitrogens with zero attached hydrogens (tertiary/aromatic N) is 6. The van der Waals surface area contributed by atoms with Crippen molar-refractivity contribution >= 4 is 22.9 Å². The average Bonchev–Trinajstić information content (AvgIpc) is 3.09. The third-order valence-electron chi connectivity index (χ3n) is 0.899. The Bertz CT molecular complexity index is 253. The van der Waals surface area contributed by atoms with E-state index in [-0.39, 0.29) is 0 Å². The van der Waals surface area contributed by atoms with Gasteiger partial charge in [0, 0.05) is 11.6 Å². The average molecular weight is 241 g/mol. The lowest BCUT2D eigenvalue weighted by Crippen LogP contribution is -1.64. The van der Waals surface area contributed by atoms with Crippen LogP contribution < -0.4 is 0 Å². The molecule has 0 atom stereocenters. The van der Waals surface area contributed by atoms with Crippen molar-refractivity contribution in [2.75, 3.05) is 0 Å². The SMILES string of the molecule is c1cscn1.c1ncsn1.c1nn[nH]n1. The second-order valence-corrected chi connectivity index (χ2v) is 3.20. The monoisotopic (exact) mass is 241 g/mol. The van der Waals surface area contributed by atoms with Gasteiger partial charge in [0.05, 0.1) is 5.51 Å². The molecular weight excluding hydrogens is 234 g/mol. The third-order valence-corrected chi connectivity index (χ3v) is 1.85. The Kier molecular flexibility index (Phi) is 6.68. The van der Waals surface area contributed by atoms with Gasteiger partial charge in [-0.05, 0) is 11.5 Å². The fourth-order valence-electron chi connectivity index (χ4n) is 0.441. The van der Waals surface area contributed by atoms with E-state index in [9.17, 15) is 0 Å². The van der Waals surface area contributed by atoms with Crippen molar-refractivity contribution in [3.05, 3.63) is 35.3 Å². The van der Waals surface area contributed by atoms with Gasteiger partial charge in [-0.15, -0.1) is 21.5 Å². The molecule has 0 spiro atoms. The van der Waals surface area contributed by atoms with Gasteiger partial charge in [-0.25, -0.2) is 4.98 Å². The zero-order valence-electron chi connectivity index (χ0n) is 7.46. The maximum absolute atomic E-state index is 3.74. The fourth-order valence-corrected chi connectivity index (χ4v) is 1.06. The number of hydrogen-bond donors (Lipinski definition) is 1. The number of rotatable bonds is 0. The number of tetrazole rings is 1. The first-order valence-electron chi connectivity index (χ1n) is 3.68. The molecule has 0 aliphatic heterocycles. The Morgan fingerprint density at radius 2 is 2.07 bits per heavy atom. The quantitative estimate of drug-likeness (QED) is 0.628. The molecule has 3 aromatic rings. The van der Waals surface area contributed by atoms with Crippen LogP contribution in [-0.2, 0) is 0 Å². The van der Waals surface area contributed by atoms with Crippen molar-refractivity contribution in [3.63, 3.8) is 0 Å². The summed E-state index contributed by atoms with van der Waals surface area (Å²) in [6.45, 7) is 0. The van der Waals surface area contributed by atoms with Crippen molar-refractivity contribution < 1.29 is 0 Å². The number of aromatic amines is 1. The fraction of sp³-hybridized carbons (Fsp3) is 0. The molecular formula is C6H7N7S2. The van der Waals surface area contributed by atoms with Gasteiger partial charge in [-0.1, -0.05) is 5.21 Å². The van der Waals surface area contributed by atoms with Crippen LogP contribution in [-0.4, -0.2) is 35.0 Å². The maximum atomic E-state index is 3.74. The lowest BCUT2D eigenvalue weighted by molar-refractivity contribution is 0.881. The van der Waals surface area contributed by atoms with E-state index in [1.165, 1.54) is 24.2 Å². The predicted octanol–water partition coefficient (Wildman–Crippen LogP) is 0.881. The van der Waals surface area contributed by atoms with E-state index in [2.05, 4.69) is 35.0 Å². The maximum Gasteiger partial charge on any atom is 0.161 e. The number of nitrogens with one attached hydrogen (secondary N) is 1. The molecule has 15 heavy (non-hydrogen) atoms. The molecule has 0 unspecified atom stereocenters. The first-order valence-corrected chi connectivity index (χ1v) is 5.46. The molecule has 0 amide bonds. The summed E-state index contributed by atoms with van der Waals surface area (Å²) in [5.74, 6) is 0. The summed E-state index contributed by atoms with van der Waals surface area (Å²) in [7, 11) is 0. The molecule has 0 saturated carbocycles. The van der Waals surface area contributed by atoms with E-state index in [0.29, 0.717) is 0 Å². The van der Waals surface area contributed by atoms with Crippen LogP contribution in [0.5, 0.6) is 0 Å². The van der Waals surface area contributed by atoms with Crippen molar-refractivity contribution in [3.8, 4) is 0 Å². The van der Waals surface area contributed by atoms with Crippen molar-refractivity contribution in [1.29, 1.82) is 0 Å². The Balaban J connectivity index is 0.000000112. The van der Waals surface area contributed by atoms with Crippen LogP contribution in [0.25, 0.3) is 0 Å². The Morgan fingerprint density at radius 3 is 2.27 bits per heavy atom. The molecule has 9 heteroatoms. The van der Waals surface area contributed by atoms with Gasteiger partial charge < -0.3 is 0 Å². The van der Waals surface area contributed by atoms with E-state index in [0.717, 1.165) is 0 Å². The lowest BCUT2D eigenvalue weighted by atomic mass is 11.0. The molecule has 3 heterocycles. The predicted molar refractivity (Wildman–Crippen MR) is 56.2 cm³/mol. The minimum Gasteiger partial charge on any atom is -0.253 e. The molecule has 3 rings (SSSR count). The normalized spacial score (nSPS) is 8.00. The number of H-pyrrole nitrogens is 1. The minimum atomic E-state index is 1.33. The highest BCUT2D eigenvalue weighted by Gasteiger charge is 1.60. The first kappa shape index (κ1) is 11.3. The van der Waals surface area contributed by atoms with Crippen LogP contribution in [0.4, 0.5) is 0 Å². The number of hydrogen-bond acceptors (Lipinski definition) is 8. The topological polar surface area (TPSA) is 93.1 Å². The summed E-state index contributed by atoms with van der Waals surface area (Å²) in [5.41, 5.74) is 3.47. The lowest BCUT2D eigenvalue weighted by Gasteiger charge is -1.44. The van der Waals surface area contributed by atoms with Crippen LogP contribution >= 0.6 is 22.9 Å². The van der Waals surface area contributed by atoms with Crippen molar-refractivity contribution in [1.82, 2.24) is 35.0 Å². The number of thiazole rings is 1. The molecule has 1 N–H and O–H groups in total. The van der Waals surface area contributed by atoms with Gasteiger partial charge in [0.15, 0.2) is 6.33 Å². The second kappa shape index (κ2) is 8.84. The minimum absolute atomic E-state index is 1.33. The third kappa shape index (κ3) is 7.34. The zero-order chi connectivity index (χ0) is 10.6. The Hall–Kier alpha value is -1.74. The molecule has 0 fully saturated rings. The molecule has 78 valence electrons. The summed E-state index contributed by atoms with van der Waals surface area (Å²) in [6, 6.07) is 0. The van der Waals surface area contributed by atoms with Gasteiger partial charge in [-0.2, -0.15) is 9.59 Å². The zero-order valence-corrected chi connectivity index (χ0v) is 9.10. The molecule has 0 radical (unpaired) electrons. The first-order chi connectivity index (χ1) is 7.50. The molecule has 7 nitrogen and oxygen atoms in total. The molecule has 0 saturated heterocycles. The van der Waals surface area contributed by atoms with Crippen LogP contribution in [0, 0.1) is 0 Å². The van der Waals surface area contributed by atoms with Gasteiger partial charge >= 0.3 is 0 Å². The highest BCUT2D eigenvalue weighted by molar-refractivity contribution is 7.07. The molecule has 0 aliphatic rings. The van der Waals surface area contributed by atoms with Gasteiger partial charge in [0.2, 0.25) is 0 Å². The molecule has 3 aromatic heterocycles. The van der Waals surface area contributed by atoms with Gasteiger partial charge in [0.1, 0.15) is 11.8 Å². The molecule has 0 aliphatic carbocycles. The van der Waals surface area contributed by atoms with E-state index in [4.69, 9.17) is 0 Å². The smallest absolute Gasteiger partial charge is 0.161 e. The molecule has 0 aromatic carbocycles. The van der Waals surface area contributed by atoms with E-state index >= 15 is 0 Å². The summed E-state index contributed by atoms with van der Waals surface area (Å²) in [4.78, 5) is 7.37. The van der Waals surface area contributed by atoms with Crippen molar-refractivity contribution in [2.45, 2.75) is 0 Å².